The molecular weight excluding hydrogens is 266 g/mol. The number of nitrogens with zero attached hydrogens (tertiary/aromatic N) is 2. The van der Waals surface area contributed by atoms with Gasteiger partial charge in [0.1, 0.15) is 0 Å². The first kappa shape index (κ1) is 15.3. The van der Waals surface area contributed by atoms with Gasteiger partial charge in [0.15, 0.2) is 0 Å². The lowest BCUT2D eigenvalue weighted by Crippen LogP contribution is -2.41. The molecule has 2 aromatic rings. The Kier molecular flexibility index (Phi) is 4.43. The molecule has 0 saturated heterocycles. The Morgan fingerprint density at radius 2 is 2.05 bits per heavy atom. The van der Waals surface area contributed by atoms with Gasteiger partial charge in [-0.15, -0.1) is 0 Å². The number of aliphatic hydroxyl groups is 1. The molecule has 1 aromatic heterocycles. The van der Waals surface area contributed by atoms with Crippen LogP contribution in [0, 0.1) is 0 Å². The van der Waals surface area contributed by atoms with Gasteiger partial charge in [-0.3, -0.25) is 9.48 Å². The number of aryl methyl sites for hydroxylation is 1. The van der Waals surface area contributed by atoms with Crippen LogP contribution in [0.2, 0.25) is 0 Å². The third-order valence-electron chi connectivity index (χ3n) is 3.63. The van der Waals surface area contributed by atoms with Gasteiger partial charge in [-0.05, 0) is 19.4 Å². The number of hydrogen-bond acceptors (Lipinski definition) is 3. The summed E-state index contributed by atoms with van der Waals surface area (Å²) in [6.45, 7) is 3.91. The number of benzene rings is 1. The number of aromatic nitrogens is 2. The van der Waals surface area contributed by atoms with Crippen molar-refractivity contribution in [3.8, 4) is 0 Å². The first-order chi connectivity index (χ1) is 9.91. The smallest absolute Gasteiger partial charge is 0.230 e. The third-order valence-corrected chi connectivity index (χ3v) is 3.63. The predicted molar refractivity (Wildman–Crippen MR) is 80.6 cm³/mol. The van der Waals surface area contributed by atoms with Crippen molar-refractivity contribution in [2.75, 3.05) is 6.54 Å². The highest BCUT2D eigenvalue weighted by Gasteiger charge is 2.29. The Labute approximate surface area is 124 Å². The van der Waals surface area contributed by atoms with Crippen LogP contribution < -0.4 is 5.32 Å². The maximum Gasteiger partial charge on any atom is 0.230 e. The second kappa shape index (κ2) is 6.10. The van der Waals surface area contributed by atoms with Gasteiger partial charge < -0.3 is 10.4 Å². The normalized spacial score (nSPS) is 13.0. The summed E-state index contributed by atoms with van der Waals surface area (Å²) in [5.41, 5.74) is 0.990. The van der Waals surface area contributed by atoms with E-state index in [4.69, 9.17) is 0 Å². The Morgan fingerprint density at radius 3 is 2.62 bits per heavy atom. The van der Waals surface area contributed by atoms with E-state index >= 15 is 0 Å². The van der Waals surface area contributed by atoms with Gasteiger partial charge in [0, 0.05) is 25.4 Å². The summed E-state index contributed by atoms with van der Waals surface area (Å²) in [6.07, 6.45) is 2.58. The van der Waals surface area contributed by atoms with Gasteiger partial charge in [0.25, 0.3) is 0 Å². The quantitative estimate of drug-likeness (QED) is 0.876. The fourth-order valence-corrected chi connectivity index (χ4v) is 2.13. The van der Waals surface area contributed by atoms with Crippen LogP contribution in [0.4, 0.5) is 0 Å². The fourth-order valence-electron chi connectivity index (χ4n) is 2.13. The van der Waals surface area contributed by atoms with Crippen LogP contribution in [0.25, 0.3) is 0 Å². The van der Waals surface area contributed by atoms with E-state index in [1.165, 1.54) is 0 Å². The maximum atomic E-state index is 12.4. The van der Waals surface area contributed by atoms with Crippen molar-refractivity contribution in [1.82, 2.24) is 15.1 Å². The topological polar surface area (TPSA) is 67.2 Å². The van der Waals surface area contributed by atoms with Crippen LogP contribution in [0.5, 0.6) is 0 Å². The highest BCUT2D eigenvalue weighted by atomic mass is 16.3. The van der Waals surface area contributed by atoms with Gasteiger partial charge in [-0.2, -0.15) is 5.10 Å². The van der Waals surface area contributed by atoms with Crippen LogP contribution in [-0.2, 0) is 17.3 Å². The lowest BCUT2D eigenvalue weighted by atomic mass is 9.83. The molecule has 5 heteroatoms. The van der Waals surface area contributed by atoms with Crippen molar-refractivity contribution in [2.24, 2.45) is 7.05 Å². The van der Waals surface area contributed by atoms with E-state index in [2.05, 4.69) is 10.4 Å². The van der Waals surface area contributed by atoms with Crippen molar-refractivity contribution in [1.29, 1.82) is 0 Å². The number of amides is 1. The van der Waals surface area contributed by atoms with Gasteiger partial charge in [0.05, 0.1) is 17.7 Å². The molecule has 0 fully saturated rings. The van der Waals surface area contributed by atoms with Crippen molar-refractivity contribution in [2.45, 2.75) is 25.4 Å². The molecule has 0 spiro atoms. The summed E-state index contributed by atoms with van der Waals surface area (Å²) < 4.78 is 1.62. The average molecular weight is 287 g/mol. The van der Waals surface area contributed by atoms with E-state index < -0.39 is 11.5 Å². The molecule has 0 bridgehead atoms. The minimum atomic E-state index is -0.755. The lowest BCUT2D eigenvalue weighted by Gasteiger charge is -2.24. The average Bonchev–Trinajstić information content (AvgIpc) is 2.92. The van der Waals surface area contributed by atoms with Gasteiger partial charge in [0.2, 0.25) is 5.91 Å². The molecule has 21 heavy (non-hydrogen) atoms. The Morgan fingerprint density at radius 1 is 1.38 bits per heavy atom. The summed E-state index contributed by atoms with van der Waals surface area (Å²) >= 11 is 0. The van der Waals surface area contributed by atoms with Crippen LogP contribution in [0.1, 0.15) is 31.1 Å². The minimum absolute atomic E-state index is 0.114. The van der Waals surface area contributed by atoms with Crippen molar-refractivity contribution in [3.05, 3.63) is 53.9 Å². The molecule has 0 aliphatic rings. The number of nitrogens with one attached hydrogen (secondary N) is 1. The first-order valence-electron chi connectivity index (χ1n) is 6.91. The van der Waals surface area contributed by atoms with Gasteiger partial charge >= 0.3 is 0 Å². The second-order valence-electron chi connectivity index (χ2n) is 5.66. The van der Waals surface area contributed by atoms with E-state index in [1.54, 1.807) is 24.1 Å². The molecule has 0 aliphatic carbocycles. The van der Waals surface area contributed by atoms with Crippen molar-refractivity contribution < 1.29 is 9.90 Å². The van der Waals surface area contributed by atoms with E-state index in [0.29, 0.717) is 5.56 Å². The van der Waals surface area contributed by atoms with E-state index in [9.17, 15) is 9.90 Å². The Bertz CT molecular complexity index is 605. The SMILES string of the molecule is Cn1cc(C(O)CNC(=O)C(C)(C)c2ccccc2)cn1. The number of carbonyl (C=O) groups is 1. The largest absolute Gasteiger partial charge is 0.386 e. The molecule has 1 unspecified atom stereocenters. The summed E-state index contributed by atoms with van der Waals surface area (Å²) in [5.74, 6) is -0.114. The second-order valence-corrected chi connectivity index (χ2v) is 5.66. The van der Waals surface area contributed by atoms with E-state index in [1.807, 2.05) is 44.2 Å². The van der Waals surface area contributed by atoms with E-state index in [-0.39, 0.29) is 12.5 Å². The molecule has 112 valence electrons. The highest BCUT2D eigenvalue weighted by Crippen LogP contribution is 2.23. The fraction of sp³-hybridized carbons (Fsp3) is 0.375. The number of hydrogen-bond donors (Lipinski definition) is 2. The molecule has 0 aliphatic heterocycles. The lowest BCUT2D eigenvalue weighted by molar-refractivity contribution is -0.126. The number of aliphatic hydroxyl groups excluding tert-OH is 1. The van der Waals surface area contributed by atoms with Crippen LogP contribution in [-0.4, -0.2) is 27.3 Å². The summed E-state index contributed by atoms with van der Waals surface area (Å²) in [6, 6.07) is 9.60. The Balaban J connectivity index is 1.98. The predicted octanol–water partition coefficient (Wildman–Crippen LogP) is 1.55. The third kappa shape index (κ3) is 3.49. The van der Waals surface area contributed by atoms with Gasteiger partial charge in [-0.25, -0.2) is 0 Å². The minimum Gasteiger partial charge on any atom is -0.386 e. The molecule has 2 rings (SSSR count). The number of carbonyl (C=O) groups excluding carboxylic acids is 1. The number of rotatable bonds is 5. The van der Waals surface area contributed by atoms with Gasteiger partial charge in [-0.1, -0.05) is 30.3 Å². The standard InChI is InChI=1S/C16H21N3O2/c1-16(2,13-7-5-4-6-8-13)15(21)17-10-14(20)12-9-18-19(3)11-12/h4-9,11,14,20H,10H2,1-3H3,(H,17,21). The summed E-state index contributed by atoms with van der Waals surface area (Å²) in [4.78, 5) is 12.4. The van der Waals surface area contributed by atoms with Crippen LogP contribution in [0.3, 0.4) is 0 Å². The van der Waals surface area contributed by atoms with Crippen molar-refractivity contribution >= 4 is 5.91 Å². The summed E-state index contributed by atoms with van der Waals surface area (Å²) in [7, 11) is 1.79. The first-order valence-corrected chi connectivity index (χ1v) is 6.91. The zero-order valence-electron chi connectivity index (χ0n) is 12.6. The molecule has 1 heterocycles. The maximum absolute atomic E-state index is 12.4. The molecule has 0 radical (unpaired) electrons. The molecule has 1 aromatic carbocycles. The highest BCUT2D eigenvalue weighted by molar-refractivity contribution is 5.87. The monoisotopic (exact) mass is 287 g/mol. The van der Waals surface area contributed by atoms with Crippen LogP contribution >= 0.6 is 0 Å². The molecule has 1 atom stereocenters. The van der Waals surface area contributed by atoms with Crippen molar-refractivity contribution in [3.63, 3.8) is 0 Å². The summed E-state index contributed by atoms with van der Waals surface area (Å²) in [5, 5.41) is 16.9. The molecule has 2 N–H and O–H groups in total. The molecule has 1 amide bonds. The zero-order valence-corrected chi connectivity index (χ0v) is 12.6. The molecular formula is C16H21N3O2. The van der Waals surface area contributed by atoms with E-state index in [0.717, 1.165) is 5.56 Å². The Hall–Kier alpha value is -2.14. The van der Waals surface area contributed by atoms with Crippen LogP contribution in [0.15, 0.2) is 42.7 Å². The zero-order chi connectivity index (χ0) is 15.5. The molecule has 5 nitrogen and oxygen atoms in total. The molecule has 0 saturated carbocycles.